The molecule has 0 saturated carbocycles. The van der Waals surface area contributed by atoms with E-state index >= 15 is 0 Å². The van der Waals surface area contributed by atoms with E-state index in [1.165, 1.54) is 37.7 Å². The van der Waals surface area contributed by atoms with Crippen molar-refractivity contribution in [2.45, 2.75) is 52.0 Å². The van der Waals surface area contributed by atoms with Crippen molar-refractivity contribution in [3.8, 4) is 0 Å². The Hall–Kier alpha value is -0.340. The summed E-state index contributed by atoms with van der Waals surface area (Å²) in [7, 11) is 0. The molecular formula is C15H24BrN. The second-order valence-electron chi connectivity index (χ2n) is 4.64. The molecule has 0 radical (unpaired) electrons. The van der Waals surface area contributed by atoms with Crippen molar-refractivity contribution in [3.63, 3.8) is 0 Å². The first kappa shape index (κ1) is 14.7. The van der Waals surface area contributed by atoms with Crippen LogP contribution in [0.1, 0.15) is 57.6 Å². The minimum atomic E-state index is 0.453. The lowest BCUT2D eigenvalue weighted by atomic mass is 10.1. The smallest absolute Gasteiger partial charge is 0.0291 e. The first-order valence-electron chi connectivity index (χ1n) is 6.73. The highest BCUT2D eigenvalue weighted by molar-refractivity contribution is 9.10. The average molecular weight is 298 g/mol. The molecule has 2 heteroatoms. The van der Waals surface area contributed by atoms with Gasteiger partial charge in [-0.3, -0.25) is 0 Å². The van der Waals surface area contributed by atoms with Gasteiger partial charge in [-0.05, 0) is 37.6 Å². The molecule has 0 unspecified atom stereocenters. The summed E-state index contributed by atoms with van der Waals surface area (Å²) in [6, 6.07) is 9.02. The Labute approximate surface area is 114 Å². The fourth-order valence-electron chi connectivity index (χ4n) is 1.92. The lowest BCUT2D eigenvalue weighted by Gasteiger charge is -2.14. The van der Waals surface area contributed by atoms with Crippen LogP contribution in [-0.2, 0) is 0 Å². The number of benzene rings is 1. The molecular weight excluding hydrogens is 274 g/mol. The molecule has 0 spiro atoms. The van der Waals surface area contributed by atoms with Crippen LogP contribution in [-0.4, -0.2) is 6.54 Å². The van der Waals surface area contributed by atoms with Gasteiger partial charge in [-0.15, -0.1) is 0 Å². The predicted molar refractivity (Wildman–Crippen MR) is 79.3 cm³/mol. The first-order valence-corrected chi connectivity index (χ1v) is 7.52. The Morgan fingerprint density at radius 2 is 1.71 bits per heavy atom. The Morgan fingerprint density at radius 1 is 1.06 bits per heavy atom. The third kappa shape index (κ3) is 6.23. The summed E-state index contributed by atoms with van der Waals surface area (Å²) in [5.74, 6) is 0. The first-order chi connectivity index (χ1) is 8.24. The second kappa shape index (κ2) is 8.71. The number of hydrogen-bond donors (Lipinski definition) is 1. The van der Waals surface area contributed by atoms with Crippen LogP contribution in [0, 0.1) is 0 Å². The summed E-state index contributed by atoms with van der Waals surface area (Å²) >= 11 is 3.46. The molecule has 0 aliphatic rings. The van der Waals surface area contributed by atoms with Crippen molar-refractivity contribution >= 4 is 15.9 Å². The van der Waals surface area contributed by atoms with Gasteiger partial charge in [0.1, 0.15) is 0 Å². The van der Waals surface area contributed by atoms with Crippen molar-refractivity contribution in [1.29, 1.82) is 0 Å². The zero-order chi connectivity index (χ0) is 12.5. The molecule has 0 fully saturated rings. The van der Waals surface area contributed by atoms with E-state index in [0.29, 0.717) is 6.04 Å². The van der Waals surface area contributed by atoms with Crippen molar-refractivity contribution < 1.29 is 0 Å². The van der Waals surface area contributed by atoms with E-state index in [1.54, 1.807) is 0 Å². The minimum Gasteiger partial charge on any atom is -0.310 e. The van der Waals surface area contributed by atoms with Crippen LogP contribution in [0.15, 0.2) is 28.7 Å². The Balaban J connectivity index is 2.16. The highest BCUT2D eigenvalue weighted by Gasteiger charge is 2.03. The van der Waals surface area contributed by atoms with E-state index in [-0.39, 0.29) is 0 Å². The maximum absolute atomic E-state index is 3.58. The summed E-state index contributed by atoms with van der Waals surface area (Å²) in [4.78, 5) is 0. The van der Waals surface area contributed by atoms with Crippen molar-refractivity contribution in [3.05, 3.63) is 34.3 Å². The monoisotopic (exact) mass is 297 g/mol. The molecule has 0 bridgehead atoms. The molecule has 1 atom stereocenters. The number of hydrogen-bond acceptors (Lipinski definition) is 1. The van der Waals surface area contributed by atoms with Gasteiger partial charge < -0.3 is 5.32 Å². The lowest BCUT2D eigenvalue weighted by molar-refractivity contribution is 0.531. The number of halogens is 1. The normalized spacial score (nSPS) is 12.6. The van der Waals surface area contributed by atoms with Crippen LogP contribution < -0.4 is 5.32 Å². The predicted octanol–water partition coefficient (Wildman–Crippen LogP) is 5.07. The quantitative estimate of drug-likeness (QED) is 0.661. The van der Waals surface area contributed by atoms with Crippen LogP contribution >= 0.6 is 15.9 Å². The van der Waals surface area contributed by atoms with Gasteiger partial charge in [-0.1, -0.05) is 60.7 Å². The lowest BCUT2D eigenvalue weighted by Crippen LogP contribution is -2.19. The van der Waals surface area contributed by atoms with Crippen LogP contribution in [0.4, 0.5) is 0 Å². The summed E-state index contributed by atoms with van der Waals surface area (Å²) in [6.07, 6.45) is 6.73. The molecule has 1 nitrogen and oxygen atoms in total. The van der Waals surface area contributed by atoms with Gasteiger partial charge in [0.25, 0.3) is 0 Å². The van der Waals surface area contributed by atoms with E-state index < -0.39 is 0 Å². The Kier molecular flexibility index (Phi) is 7.54. The van der Waals surface area contributed by atoms with Gasteiger partial charge in [-0.25, -0.2) is 0 Å². The van der Waals surface area contributed by atoms with E-state index in [1.807, 2.05) is 0 Å². The average Bonchev–Trinajstić information content (AvgIpc) is 2.34. The van der Waals surface area contributed by atoms with Crippen molar-refractivity contribution in [1.82, 2.24) is 5.32 Å². The molecule has 1 rings (SSSR count). The Morgan fingerprint density at radius 3 is 2.35 bits per heavy atom. The molecule has 0 aliphatic heterocycles. The van der Waals surface area contributed by atoms with Gasteiger partial charge in [0.15, 0.2) is 0 Å². The van der Waals surface area contributed by atoms with Gasteiger partial charge >= 0.3 is 0 Å². The van der Waals surface area contributed by atoms with Gasteiger partial charge in [-0.2, -0.15) is 0 Å². The Bertz CT molecular complexity index is 294. The standard InChI is InChI=1S/C15H24BrN/c1-3-4-5-6-7-12-17-13(2)14-8-10-15(16)11-9-14/h8-11,13,17H,3-7,12H2,1-2H3/t13-/m1/s1. The van der Waals surface area contributed by atoms with E-state index in [4.69, 9.17) is 0 Å². The van der Waals surface area contributed by atoms with Gasteiger partial charge in [0.05, 0.1) is 0 Å². The summed E-state index contributed by atoms with van der Waals surface area (Å²) in [5.41, 5.74) is 1.36. The van der Waals surface area contributed by atoms with E-state index in [0.717, 1.165) is 11.0 Å². The topological polar surface area (TPSA) is 12.0 Å². The number of unbranched alkanes of at least 4 members (excludes halogenated alkanes) is 4. The van der Waals surface area contributed by atoms with E-state index in [9.17, 15) is 0 Å². The maximum atomic E-state index is 3.58. The molecule has 0 amide bonds. The molecule has 0 aromatic heterocycles. The fourth-order valence-corrected chi connectivity index (χ4v) is 2.18. The molecule has 1 aromatic carbocycles. The molecule has 0 saturated heterocycles. The zero-order valence-corrected chi connectivity index (χ0v) is 12.6. The number of rotatable bonds is 8. The third-order valence-electron chi connectivity index (χ3n) is 3.10. The van der Waals surface area contributed by atoms with Crippen LogP contribution in [0.5, 0.6) is 0 Å². The van der Waals surface area contributed by atoms with E-state index in [2.05, 4.69) is 59.4 Å². The van der Waals surface area contributed by atoms with Crippen molar-refractivity contribution in [2.75, 3.05) is 6.54 Å². The molecule has 1 aromatic rings. The van der Waals surface area contributed by atoms with Crippen LogP contribution in [0.25, 0.3) is 0 Å². The minimum absolute atomic E-state index is 0.453. The highest BCUT2D eigenvalue weighted by atomic mass is 79.9. The molecule has 96 valence electrons. The molecule has 17 heavy (non-hydrogen) atoms. The third-order valence-corrected chi connectivity index (χ3v) is 3.63. The highest BCUT2D eigenvalue weighted by Crippen LogP contribution is 2.16. The van der Waals surface area contributed by atoms with Crippen LogP contribution in [0.3, 0.4) is 0 Å². The summed E-state index contributed by atoms with van der Waals surface area (Å²) in [5, 5.41) is 3.58. The molecule has 1 N–H and O–H groups in total. The van der Waals surface area contributed by atoms with Gasteiger partial charge in [0, 0.05) is 10.5 Å². The SMILES string of the molecule is CCCCCCCN[C@H](C)c1ccc(Br)cc1. The molecule has 0 heterocycles. The largest absolute Gasteiger partial charge is 0.310 e. The molecule has 0 aliphatic carbocycles. The van der Waals surface area contributed by atoms with Crippen LogP contribution in [0.2, 0.25) is 0 Å². The summed E-state index contributed by atoms with van der Waals surface area (Å²) < 4.78 is 1.15. The fraction of sp³-hybridized carbons (Fsp3) is 0.600. The zero-order valence-electron chi connectivity index (χ0n) is 11.0. The maximum Gasteiger partial charge on any atom is 0.0291 e. The second-order valence-corrected chi connectivity index (χ2v) is 5.56. The van der Waals surface area contributed by atoms with Crippen molar-refractivity contribution in [2.24, 2.45) is 0 Å². The number of nitrogens with one attached hydrogen (secondary N) is 1. The summed E-state index contributed by atoms with van der Waals surface area (Å²) in [6.45, 7) is 5.62. The van der Waals surface area contributed by atoms with Gasteiger partial charge in [0.2, 0.25) is 0 Å².